The van der Waals surface area contributed by atoms with Gasteiger partial charge in [-0.3, -0.25) is 4.79 Å². The van der Waals surface area contributed by atoms with E-state index in [-0.39, 0.29) is 11.5 Å². The Hall–Kier alpha value is -3.80. The van der Waals surface area contributed by atoms with Crippen LogP contribution < -0.4 is 10.1 Å². The standard InChI is InChI=1S/C23H20N2O4/c1-12-19(24-13(2)21(12)23(27)28)11-18-17-8-7-15(10-20(17)25-22(18)26)14-5-4-6-16(9-14)29-3/h4-11,24H,1-3H3,(H,25,26)(H,27,28). The van der Waals surface area contributed by atoms with Crippen molar-refractivity contribution in [2.24, 2.45) is 0 Å². The maximum atomic E-state index is 12.6. The first-order valence-electron chi connectivity index (χ1n) is 9.13. The van der Waals surface area contributed by atoms with Crippen LogP contribution in [-0.2, 0) is 4.79 Å². The molecule has 0 saturated heterocycles. The first-order valence-corrected chi connectivity index (χ1v) is 9.13. The number of anilines is 1. The fraction of sp³-hybridized carbons (Fsp3) is 0.130. The predicted molar refractivity (Wildman–Crippen MR) is 112 cm³/mol. The van der Waals surface area contributed by atoms with Crippen LogP contribution >= 0.6 is 0 Å². The number of nitrogens with one attached hydrogen (secondary N) is 2. The van der Waals surface area contributed by atoms with Crippen molar-refractivity contribution < 1.29 is 19.4 Å². The van der Waals surface area contributed by atoms with Crippen LogP contribution in [0.5, 0.6) is 5.75 Å². The molecule has 2 aromatic carbocycles. The Morgan fingerprint density at radius 1 is 1.10 bits per heavy atom. The van der Waals surface area contributed by atoms with Gasteiger partial charge in [0, 0.05) is 22.6 Å². The third-order valence-electron chi connectivity index (χ3n) is 5.18. The highest BCUT2D eigenvalue weighted by atomic mass is 16.5. The maximum Gasteiger partial charge on any atom is 0.337 e. The Labute approximate surface area is 167 Å². The van der Waals surface area contributed by atoms with Gasteiger partial charge in [-0.15, -0.1) is 0 Å². The van der Waals surface area contributed by atoms with E-state index in [0.717, 1.165) is 28.1 Å². The van der Waals surface area contributed by atoms with E-state index in [4.69, 9.17) is 4.74 Å². The minimum absolute atomic E-state index is 0.216. The molecule has 3 N–H and O–H groups in total. The normalized spacial score (nSPS) is 14.0. The quantitative estimate of drug-likeness (QED) is 0.574. The number of H-pyrrole nitrogens is 1. The smallest absolute Gasteiger partial charge is 0.337 e. The highest BCUT2D eigenvalue weighted by molar-refractivity contribution is 6.35. The van der Waals surface area contributed by atoms with Gasteiger partial charge in [-0.05, 0) is 54.8 Å². The van der Waals surface area contributed by atoms with Crippen LogP contribution in [0.1, 0.15) is 32.9 Å². The van der Waals surface area contributed by atoms with E-state index in [9.17, 15) is 14.7 Å². The summed E-state index contributed by atoms with van der Waals surface area (Å²) in [4.78, 5) is 27.1. The Morgan fingerprint density at radius 3 is 2.55 bits per heavy atom. The molecule has 0 bridgehead atoms. The summed E-state index contributed by atoms with van der Waals surface area (Å²) >= 11 is 0. The van der Waals surface area contributed by atoms with Gasteiger partial charge in [0.1, 0.15) is 5.75 Å². The molecule has 1 amide bonds. The molecule has 29 heavy (non-hydrogen) atoms. The molecule has 1 aliphatic rings. The first-order chi connectivity index (χ1) is 13.9. The van der Waals surface area contributed by atoms with Gasteiger partial charge >= 0.3 is 5.97 Å². The lowest BCUT2D eigenvalue weighted by atomic mass is 9.99. The molecule has 0 radical (unpaired) electrons. The van der Waals surface area contributed by atoms with Gasteiger partial charge in [0.25, 0.3) is 5.91 Å². The number of ether oxygens (including phenoxy) is 1. The minimum atomic E-state index is -0.986. The minimum Gasteiger partial charge on any atom is -0.497 e. The molecule has 0 aliphatic carbocycles. The number of hydrogen-bond donors (Lipinski definition) is 3. The fourth-order valence-electron chi connectivity index (χ4n) is 3.70. The summed E-state index contributed by atoms with van der Waals surface area (Å²) in [6.45, 7) is 3.44. The molecule has 0 saturated carbocycles. The highest BCUT2D eigenvalue weighted by Crippen LogP contribution is 2.37. The summed E-state index contributed by atoms with van der Waals surface area (Å²) in [5.41, 5.74) is 5.99. The third kappa shape index (κ3) is 3.18. The molecule has 6 nitrogen and oxygen atoms in total. The number of aromatic amines is 1. The van der Waals surface area contributed by atoms with Gasteiger partial charge in [0.2, 0.25) is 0 Å². The molecule has 1 aliphatic heterocycles. The second-order valence-corrected chi connectivity index (χ2v) is 6.97. The molecule has 3 aromatic rings. The van der Waals surface area contributed by atoms with Crippen LogP contribution in [0.15, 0.2) is 42.5 Å². The largest absolute Gasteiger partial charge is 0.497 e. The number of carbonyl (C=O) groups excluding carboxylic acids is 1. The monoisotopic (exact) mass is 388 g/mol. The number of carboxylic acids is 1. The van der Waals surface area contributed by atoms with Crippen molar-refractivity contribution in [1.29, 1.82) is 0 Å². The zero-order valence-corrected chi connectivity index (χ0v) is 16.3. The number of fused-ring (bicyclic) bond motifs is 1. The zero-order chi connectivity index (χ0) is 20.7. The number of benzene rings is 2. The first kappa shape index (κ1) is 18.6. The molecule has 1 aromatic heterocycles. The van der Waals surface area contributed by atoms with Crippen LogP contribution in [0.4, 0.5) is 5.69 Å². The lowest BCUT2D eigenvalue weighted by Gasteiger charge is -2.07. The molecule has 4 rings (SSSR count). The van der Waals surface area contributed by atoms with Gasteiger partial charge in [-0.25, -0.2) is 4.79 Å². The molecule has 6 heteroatoms. The molecular formula is C23H20N2O4. The average molecular weight is 388 g/mol. The number of rotatable bonds is 4. The van der Waals surface area contributed by atoms with Crippen molar-refractivity contribution in [3.05, 3.63) is 70.5 Å². The lowest BCUT2D eigenvalue weighted by Crippen LogP contribution is -2.03. The molecule has 146 valence electrons. The van der Waals surface area contributed by atoms with Crippen LogP contribution in [-0.4, -0.2) is 29.1 Å². The fourth-order valence-corrected chi connectivity index (χ4v) is 3.70. The second-order valence-electron chi connectivity index (χ2n) is 6.97. The third-order valence-corrected chi connectivity index (χ3v) is 5.18. The lowest BCUT2D eigenvalue weighted by molar-refractivity contribution is -0.110. The summed E-state index contributed by atoms with van der Waals surface area (Å²) in [7, 11) is 1.62. The number of aromatic nitrogens is 1. The summed E-state index contributed by atoms with van der Waals surface area (Å²) in [6.07, 6.45) is 1.71. The van der Waals surface area contributed by atoms with Gasteiger partial charge in [0.05, 0.1) is 18.2 Å². The number of aryl methyl sites for hydroxylation is 1. The van der Waals surface area contributed by atoms with E-state index in [1.165, 1.54) is 0 Å². The van der Waals surface area contributed by atoms with E-state index < -0.39 is 5.97 Å². The predicted octanol–water partition coefficient (Wildman–Crippen LogP) is 4.50. The SMILES string of the molecule is COc1cccc(-c2ccc3c(c2)NC(=O)C3=Cc2[nH]c(C)c(C(=O)O)c2C)c1. The molecule has 2 heterocycles. The maximum absolute atomic E-state index is 12.6. The average Bonchev–Trinajstić information content (AvgIpc) is 3.16. The van der Waals surface area contributed by atoms with Crippen LogP contribution in [0.3, 0.4) is 0 Å². The molecule has 0 fully saturated rings. The van der Waals surface area contributed by atoms with Crippen molar-refractivity contribution in [3.8, 4) is 16.9 Å². The number of hydrogen-bond acceptors (Lipinski definition) is 3. The summed E-state index contributed by atoms with van der Waals surface area (Å²) < 4.78 is 5.28. The molecule has 0 unspecified atom stereocenters. The Morgan fingerprint density at radius 2 is 1.86 bits per heavy atom. The zero-order valence-electron chi connectivity index (χ0n) is 16.3. The number of aromatic carboxylic acids is 1. The second kappa shape index (κ2) is 6.98. The topological polar surface area (TPSA) is 91.4 Å². The van der Waals surface area contributed by atoms with Gasteiger partial charge in [0.15, 0.2) is 0 Å². The molecular weight excluding hydrogens is 368 g/mol. The summed E-state index contributed by atoms with van der Waals surface area (Å²) in [6, 6.07) is 13.5. The van der Waals surface area contributed by atoms with Gasteiger partial charge in [-0.1, -0.05) is 24.3 Å². The Bertz CT molecular complexity index is 1190. The van der Waals surface area contributed by atoms with Crippen LogP contribution in [0, 0.1) is 13.8 Å². The van der Waals surface area contributed by atoms with Crippen LogP contribution in [0.2, 0.25) is 0 Å². The van der Waals surface area contributed by atoms with E-state index in [1.54, 1.807) is 27.0 Å². The van der Waals surface area contributed by atoms with Crippen molar-refractivity contribution in [2.75, 3.05) is 12.4 Å². The summed E-state index contributed by atoms with van der Waals surface area (Å²) in [5.74, 6) is -0.439. The van der Waals surface area contributed by atoms with Gasteiger partial charge < -0.3 is 20.1 Å². The van der Waals surface area contributed by atoms with Crippen molar-refractivity contribution >= 4 is 29.2 Å². The highest BCUT2D eigenvalue weighted by Gasteiger charge is 2.26. The Kier molecular flexibility index (Phi) is 4.47. The number of methoxy groups -OCH3 is 1. The summed E-state index contributed by atoms with van der Waals surface area (Å²) in [5, 5.41) is 12.3. The van der Waals surface area contributed by atoms with Crippen molar-refractivity contribution in [2.45, 2.75) is 13.8 Å². The molecule has 0 spiro atoms. The van der Waals surface area contributed by atoms with E-state index in [0.29, 0.717) is 22.5 Å². The number of carbonyl (C=O) groups is 2. The Balaban J connectivity index is 1.75. The van der Waals surface area contributed by atoms with E-state index in [2.05, 4.69) is 10.3 Å². The van der Waals surface area contributed by atoms with Crippen LogP contribution in [0.25, 0.3) is 22.8 Å². The number of amides is 1. The van der Waals surface area contributed by atoms with E-state index in [1.807, 2.05) is 42.5 Å². The van der Waals surface area contributed by atoms with E-state index >= 15 is 0 Å². The molecule has 0 atom stereocenters. The van der Waals surface area contributed by atoms with Gasteiger partial charge in [-0.2, -0.15) is 0 Å². The van der Waals surface area contributed by atoms with Crippen molar-refractivity contribution in [3.63, 3.8) is 0 Å². The number of carboxylic acid groups (broad SMARTS) is 1. The van der Waals surface area contributed by atoms with Crippen molar-refractivity contribution in [1.82, 2.24) is 4.98 Å².